The fourth-order valence-corrected chi connectivity index (χ4v) is 2.69. The normalized spacial score (nSPS) is 16.5. The van der Waals surface area contributed by atoms with Crippen molar-refractivity contribution in [3.63, 3.8) is 0 Å². The number of para-hydroxylation sites is 1. The second-order valence-corrected chi connectivity index (χ2v) is 5.75. The molecule has 0 unspecified atom stereocenters. The Bertz CT molecular complexity index is 666. The Balaban J connectivity index is 1.78. The molecule has 22 heavy (non-hydrogen) atoms. The Morgan fingerprint density at radius 3 is 2.77 bits per heavy atom. The number of hydrogen-bond acceptors (Lipinski definition) is 4. The lowest BCUT2D eigenvalue weighted by Crippen LogP contribution is -2.35. The number of carbonyl (C=O) groups excluding carboxylic acids is 1. The van der Waals surface area contributed by atoms with Gasteiger partial charge in [0.15, 0.2) is 0 Å². The van der Waals surface area contributed by atoms with Gasteiger partial charge in [0, 0.05) is 19.6 Å². The molecule has 116 valence electrons. The van der Waals surface area contributed by atoms with Gasteiger partial charge in [0.05, 0.1) is 5.69 Å². The van der Waals surface area contributed by atoms with Gasteiger partial charge in [-0.3, -0.25) is 4.79 Å². The molecule has 2 aromatic rings. The maximum absolute atomic E-state index is 12.6. The molecule has 0 radical (unpaired) electrons. The van der Waals surface area contributed by atoms with E-state index in [0.29, 0.717) is 0 Å². The summed E-state index contributed by atoms with van der Waals surface area (Å²) in [6.45, 7) is 5.43. The predicted molar refractivity (Wildman–Crippen MR) is 84.1 cm³/mol. The van der Waals surface area contributed by atoms with Crippen molar-refractivity contribution in [2.75, 3.05) is 33.2 Å². The first-order chi connectivity index (χ1) is 10.6. The van der Waals surface area contributed by atoms with Gasteiger partial charge in [0.25, 0.3) is 5.91 Å². The Labute approximate surface area is 130 Å². The van der Waals surface area contributed by atoms with Gasteiger partial charge in [-0.25, -0.2) is 9.67 Å². The van der Waals surface area contributed by atoms with Crippen molar-refractivity contribution in [1.29, 1.82) is 0 Å². The summed E-state index contributed by atoms with van der Waals surface area (Å²) < 4.78 is 1.67. The lowest BCUT2D eigenvalue weighted by Gasteiger charge is -2.18. The zero-order valence-electron chi connectivity index (χ0n) is 13.1. The highest BCUT2D eigenvalue weighted by Crippen LogP contribution is 2.12. The average Bonchev–Trinajstić information content (AvgIpc) is 2.90. The number of nitrogens with zero attached hydrogens (tertiary/aromatic N) is 5. The van der Waals surface area contributed by atoms with Gasteiger partial charge >= 0.3 is 0 Å². The molecular weight excluding hydrogens is 278 g/mol. The SMILES string of the molecule is Cc1ccccc1-n1cnc(C(=O)N2CCCN(C)CC2)n1. The molecule has 1 aliphatic rings. The van der Waals surface area contributed by atoms with Crippen LogP contribution < -0.4 is 0 Å². The fourth-order valence-electron chi connectivity index (χ4n) is 2.69. The molecule has 0 spiro atoms. The molecule has 1 aromatic carbocycles. The van der Waals surface area contributed by atoms with Crippen LogP contribution in [0.3, 0.4) is 0 Å². The fraction of sp³-hybridized carbons (Fsp3) is 0.438. The molecule has 1 fully saturated rings. The lowest BCUT2D eigenvalue weighted by atomic mass is 10.2. The largest absolute Gasteiger partial charge is 0.335 e. The molecule has 1 amide bonds. The minimum atomic E-state index is -0.0809. The van der Waals surface area contributed by atoms with Crippen molar-refractivity contribution in [2.24, 2.45) is 0 Å². The third-order valence-electron chi connectivity index (χ3n) is 4.05. The van der Waals surface area contributed by atoms with E-state index in [1.54, 1.807) is 11.0 Å². The molecule has 0 atom stereocenters. The van der Waals surface area contributed by atoms with Crippen LogP contribution in [-0.4, -0.2) is 63.7 Å². The molecule has 0 bridgehead atoms. The monoisotopic (exact) mass is 299 g/mol. The van der Waals surface area contributed by atoms with E-state index in [-0.39, 0.29) is 11.7 Å². The van der Waals surface area contributed by atoms with E-state index in [9.17, 15) is 4.79 Å². The minimum Gasteiger partial charge on any atom is -0.335 e. The third-order valence-corrected chi connectivity index (χ3v) is 4.05. The van der Waals surface area contributed by atoms with Gasteiger partial charge in [-0.1, -0.05) is 18.2 Å². The Morgan fingerprint density at radius 1 is 1.14 bits per heavy atom. The van der Waals surface area contributed by atoms with E-state index in [0.717, 1.165) is 43.9 Å². The molecular formula is C16H21N5O. The Morgan fingerprint density at radius 2 is 1.95 bits per heavy atom. The maximum atomic E-state index is 12.6. The number of benzene rings is 1. The van der Waals surface area contributed by atoms with Gasteiger partial charge in [0.2, 0.25) is 5.82 Å². The zero-order chi connectivity index (χ0) is 15.5. The molecule has 0 saturated carbocycles. The summed E-state index contributed by atoms with van der Waals surface area (Å²) in [5.41, 5.74) is 2.05. The quantitative estimate of drug-likeness (QED) is 0.840. The second-order valence-electron chi connectivity index (χ2n) is 5.75. The molecule has 1 aliphatic heterocycles. The highest BCUT2D eigenvalue weighted by molar-refractivity contribution is 5.90. The Kier molecular flexibility index (Phi) is 4.20. The summed E-state index contributed by atoms with van der Waals surface area (Å²) in [7, 11) is 2.08. The summed E-state index contributed by atoms with van der Waals surface area (Å²) in [6, 6.07) is 7.92. The molecule has 0 N–H and O–H groups in total. The van der Waals surface area contributed by atoms with Crippen LogP contribution in [0.15, 0.2) is 30.6 Å². The van der Waals surface area contributed by atoms with Gasteiger partial charge in [-0.2, -0.15) is 0 Å². The standard InChI is InChI=1S/C16H21N5O/c1-13-6-3-4-7-14(13)21-12-17-15(18-21)16(22)20-9-5-8-19(2)10-11-20/h3-4,6-7,12H,5,8-11H2,1-2H3. The van der Waals surface area contributed by atoms with Gasteiger partial charge in [-0.05, 0) is 38.6 Å². The number of aryl methyl sites for hydroxylation is 1. The van der Waals surface area contributed by atoms with Gasteiger partial charge in [0.1, 0.15) is 6.33 Å². The topological polar surface area (TPSA) is 54.3 Å². The summed E-state index contributed by atoms with van der Waals surface area (Å²) in [4.78, 5) is 20.9. The van der Waals surface area contributed by atoms with E-state index in [4.69, 9.17) is 0 Å². The maximum Gasteiger partial charge on any atom is 0.293 e. The van der Waals surface area contributed by atoms with Crippen LogP contribution in [0.5, 0.6) is 0 Å². The van der Waals surface area contributed by atoms with Crippen LogP contribution in [0.1, 0.15) is 22.6 Å². The first-order valence-electron chi connectivity index (χ1n) is 7.60. The van der Waals surface area contributed by atoms with Crippen molar-refractivity contribution in [1.82, 2.24) is 24.6 Å². The molecule has 6 heteroatoms. The van der Waals surface area contributed by atoms with Crippen LogP contribution >= 0.6 is 0 Å². The van der Waals surface area contributed by atoms with Gasteiger partial charge in [-0.15, -0.1) is 5.10 Å². The minimum absolute atomic E-state index is 0.0809. The van der Waals surface area contributed by atoms with Crippen LogP contribution in [0.2, 0.25) is 0 Å². The van der Waals surface area contributed by atoms with E-state index < -0.39 is 0 Å². The van der Waals surface area contributed by atoms with Crippen LogP contribution in [-0.2, 0) is 0 Å². The van der Waals surface area contributed by atoms with Crippen molar-refractivity contribution >= 4 is 5.91 Å². The zero-order valence-corrected chi connectivity index (χ0v) is 13.1. The van der Waals surface area contributed by atoms with E-state index in [1.807, 2.05) is 36.1 Å². The molecule has 1 saturated heterocycles. The highest BCUT2D eigenvalue weighted by atomic mass is 16.2. The molecule has 0 aliphatic carbocycles. The van der Waals surface area contributed by atoms with Crippen LogP contribution in [0, 0.1) is 6.92 Å². The number of hydrogen-bond donors (Lipinski definition) is 0. The number of rotatable bonds is 2. The van der Waals surface area contributed by atoms with Crippen molar-refractivity contribution in [2.45, 2.75) is 13.3 Å². The molecule has 6 nitrogen and oxygen atoms in total. The number of aromatic nitrogens is 3. The smallest absolute Gasteiger partial charge is 0.293 e. The molecule has 2 heterocycles. The molecule has 1 aromatic heterocycles. The number of amides is 1. The van der Waals surface area contributed by atoms with Crippen molar-refractivity contribution in [3.8, 4) is 5.69 Å². The van der Waals surface area contributed by atoms with Crippen LogP contribution in [0.4, 0.5) is 0 Å². The van der Waals surface area contributed by atoms with Gasteiger partial charge < -0.3 is 9.80 Å². The van der Waals surface area contributed by atoms with E-state index in [2.05, 4.69) is 22.0 Å². The van der Waals surface area contributed by atoms with Crippen LogP contribution in [0.25, 0.3) is 5.69 Å². The number of likely N-dealkylation sites (N-methyl/N-ethyl adjacent to an activating group) is 1. The van der Waals surface area contributed by atoms with Crippen molar-refractivity contribution in [3.05, 3.63) is 42.0 Å². The molecule has 3 rings (SSSR count). The summed E-state index contributed by atoms with van der Waals surface area (Å²) in [6.07, 6.45) is 2.60. The lowest BCUT2D eigenvalue weighted by molar-refractivity contribution is 0.0750. The summed E-state index contributed by atoms with van der Waals surface area (Å²) >= 11 is 0. The predicted octanol–water partition coefficient (Wildman–Crippen LogP) is 1.35. The highest BCUT2D eigenvalue weighted by Gasteiger charge is 2.22. The second kappa shape index (κ2) is 6.27. The van der Waals surface area contributed by atoms with E-state index >= 15 is 0 Å². The van der Waals surface area contributed by atoms with Crippen molar-refractivity contribution < 1.29 is 4.79 Å². The first kappa shape index (κ1) is 14.7. The first-order valence-corrected chi connectivity index (χ1v) is 7.60. The third kappa shape index (κ3) is 3.01. The average molecular weight is 299 g/mol. The summed E-state index contributed by atoms with van der Waals surface area (Å²) in [5, 5.41) is 4.37. The Hall–Kier alpha value is -2.21. The van der Waals surface area contributed by atoms with E-state index in [1.165, 1.54) is 0 Å². The number of carbonyl (C=O) groups is 1. The summed E-state index contributed by atoms with van der Waals surface area (Å²) in [5.74, 6) is 0.190.